The number of fused-ring (bicyclic) bond motifs is 1. The molecule has 1 fully saturated rings. The first kappa shape index (κ1) is 27.7. The largest absolute Gasteiger partial charge is 0.486 e. The molecule has 0 spiro atoms. The third kappa shape index (κ3) is 5.87. The number of hydrogen-bond acceptors (Lipinski definition) is 10. The Bertz CT molecular complexity index is 1300. The van der Waals surface area contributed by atoms with E-state index >= 15 is 0 Å². The van der Waals surface area contributed by atoms with Crippen molar-refractivity contribution in [3.8, 4) is 11.5 Å². The number of nitrogens with zero attached hydrogens (tertiary/aromatic N) is 2. The molecule has 1 aliphatic heterocycles. The van der Waals surface area contributed by atoms with Gasteiger partial charge in [-0.3, -0.25) is 4.79 Å². The van der Waals surface area contributed by atoms with E-state index in [1.54, 1.807) is 29.8 Å². The first-order chi connectivity index (χ1) is 18.1. The van der Waals surface area contributed by atoms with Gasteiger partial charge in [-0.15, -0.1) is 0 Å². The standard InChI is InChI=1S/C25H29N3O9S/c1-28-16-10-14(36-25-21(31)19(29)20(30)22(37-25)24(33)34)7-8-15(16)27-18(28)11-35-13-5-3-12(4-6-13)9-17(38-2)23(26)32/h3-8,10,17,19-22,25,29-31H,9,11H2,1-2H3,(H2,26,32)(H,33,34)/t17-,19-,20-,21+,22-,25+/m0/s1. The number of carboxylic acids is 1. The number of nitrogens with two attached hydrogens (primary N) is 1. The van der Waals surface area contributed by atoms with Gasteiger partial charge in [-0.2, -0.15) is 11.8 Å². The van der Waals surface area contributed by atoms with Gasteiger partial charge in [0.25, 0.3) is 0 Å². The second-order valence-corrected chi connectivity index (χ2v) is 9.89. The number of imidazole rings is 1. The topological polar surface area (TPSA) is 187 Å². The fourth-order valence-electron chi connectivity index (χ4n) is 4.09. The van der Waals surface area contributed by atoms with Crippen LogP contribution in [0.4, 0.5) is 0 Å². The van der Waals surface area contributed by atoms with Crippen molar-refractivity contribution in [2.75, 3.05) is 6.26 Å². The molecule has 1 amide bonds. The van der Waals surface area contributed by atoms with Gasteiger partial charge in [0.2, 0.25) is 12.2 Å². The van der Waals surface area contributed by atoms with Crippen LogP contribution in [0, 0.1) is 0 Å². The number of rotatable bonds is 10. The molecule has 6 N–H and O–H groups in total. The van der Waals surface area contributed by atoms with Crippen molar-refractivity contribution < 1.29 is 44.2 Å². The molecule has 0 unspecified atom stereocenters. The summed E-state index contributed by atoms with van der Waals surface area (Å²) < 4.78 is 18.5. The second kappa shape index (κ2) is 11.6. The highest BCUT2D eigenvalue weighted by Gasteiger charge is 2.48. The lowest BCUT2D eigenvalue weighted by Crippen LogP contribution is -2.61. The lowest BCUT2D eigenvalue weighted by molar-refractivity contribution is -0.271. The number of aliphatic carboxylic acids is 1. The van der Waals surface area contributed by atoms with Gasteiger partial charge in [0, 0.05) is 13.1 Å². The molecule has 12 nitrogen and oxygen atoms in total. The zero-order valence-corrected chi connectivity index (χ0v) is 21.4. The molecule has 2 aromatic carbocycles. The predicted molar refractivity (Wildman–Crippen MR) is 137 cm³/mol. The van der Waals surface area contributed by atoms with E-state index in [0.717, 1.165) is 5.56 Å². The highest BCUT2D eigenvalue weighted by atomic mass is 32.2. The number of carbonyl (C=O) groups is 2. The zero-order valence-electron chi connectivity index (χ0n) is 20.6. The van der Waals surface area contributed by atoms with Crippen molar-refractivity contribution >= 4 is 34.7 Å². The number of carboxylic acid groups (broad SMARTS) is 1. The van der Waals surface area contributed by atoms with Crippen molar-refractivity contribution in [2.24, 2.45) is 12.8 Å². The van der Waals surface area contributed by atoms with Crippen LogP contribution in [0.3, 0.4) is 0 Å². The number of aromatic nitrogens is 2. The van der Waals surface area contributed by atoms with E-state index in [1.807, 2.05) is 30.5 Å². The van der Waals surface area contributed by atoms with Crippen molar-refractivity contribution in [1.29, 1.82) is 0 Å². The van der Waals surface area contributed by atoms with Gasteiger partial charge in [-0.1, -0.05) is 12.1 Å². The molecule has 38 heavy (non-hydrogen) atoms. The Morgan fingerprint density at radius 1 is 1.11 bits per heavy atom. The van der Waals surface area contributed by atoms with Gasteiger partial charge >= 0.3 is 5.97 Å². The highest BCUT2D eigenvalue weighted by Crippen LogP contribution is 2.27. The summed E-state index contributed by atoms with van der Waals surface area (Å²) in [6.45, 7) is 0.171. The van der Waals surface area contributed by atoms with Crippen LogP contribution in [0.5, 0.6) is 11.5 Å². The van der Waals surface area contributed by atoms with E-state index in [-0.39, 0.29) is 23.5 Å². The quantitative estimate of drug-likeness (QED) is 0.233. The van der Waals surface area contributed by atoms with Crippen LogP contribution >= 0.6 is 11.8 Å². The number of hydrogen-bond donors (Lipinski definition) is 5. The van der Waals surface area contributed by atoms with Crippen LogP contribution in [0.2, 0.25) is 0 Å². The van der Waals surface area contributed by atoms with Gasteiger partial charge < -0.3 is 44.9 Å². The molecule has 0 aliphatic carbocycles. The molecule has 0 saturated carbocycles. The van der Waals surface area contributed by atoms with Crippen LogP contribution in [0.25, 0.3) is 11.0 Å². The molecule has 0 bridgehead atoms. The fraction of sp³-hybridized carbons (Fsp3) is 0.400. The maximum Gasteiger partial charge on any atom is 0.335 e. The molecular weight excluding hydrogens is 518 g/mol. The van der Waals surface area contributed by atoms with Gasteiger partial charge in [-0.05, 0) is 42.5 Å². The molecule has 6 atom stereocenters. The summed E-state index contributed by atoms with van der Waals surface area (Å²) in [6, 6.07) is 12.3. The van der Waals surface area contributed by atoms with E-state index in [0.29, 0.717) is 29.0 Å². The molecular formula is C25H29N3O9S. The van der Waals surface area contributed by atoms with E-state index < -0.39 is 36.7 Å². The monoisotopic (exact) mass is 547 g/mol. The summed E-state index contributed by atoms with van der Waals surface area (Å²) in [4.78, 5) is 27.4. The van der Waals surface area contributed by atoms with Crippen LogP contribution in [-0.2, 0) is 34.4 Å². The minimum Gasteiger partial charge on any atom is -0.486 e. The Hall–Kier alpha value is -3.36. The summed E-state index contributed by atoms with van der Waals surface area (Å²) >= 11 is 1.41. The molecule has 2 heterocycles. The molecule has 1 saturated heterocycles. The van der Waals surface area contributed by atoms with Crippen LogP contribution in [0.15, 0.2) is 42.5 Å². The molecule has 1 aliphatic rings. The van der Waals surface area contributed by atoms with Crippen molar-refractivity contribution in [2.45, 2.75) is 49.0 Å². The second-order valence-electron chi connectivity index (χ2n) is 8.85. The van der Waals surface area contributed by atoms with Gasteiger partial charge in [-0.25, -0.2) is 9.78 Å². The Morgan fingerprint density at radius 2 is 1.79 bits per heavy atom. The summed E-state index contributed by atoms with van der Waals surface area (Å²) in [7, 11) is 1.79. The number of primary amides is 1. The summed E-state index contributed by atoms with van der Waals surface area (Å²) in [6.07, 6.45) is -6.12. The molecule has 1 aromatic heterocycles. The molecule has 4 rings (SSSR count). The summed E-state index contributed by atoms with van der Waals surface area (Å²) in [5.74, 6) is -0.359. The van der Waals surface area contributed by atoms with Crippen LogP contribution in [-0.4, -0.2) is 84.1 Å². The number of aryl methyl sites for hydroxylation is 1. The molecule has 0 radical (unpaired) electrons. The predicted octanol–water partition coefficient (Wildman–Crippen LogP) is 0.183. The number of thioether (sulfide) groups is 1. The number of aliphatic hydroxyl groups is 3. The normalized spacial score (nSPS) is 24.2. The van der Waals surface area contributed by atoms with Crippen LogP contribution in [0.1, 0.15) is 11.4 Å². The van der Waals surface area contributed by atoms with E-state index in [9.17, 15) is 30.0 Å². The average molecular weight is 548 g/mol. The lowest BCUT2D eigenvalue weighted by atomic mass is 9.99. The van der Waals surface area contributed by atoms with Crippen molar-refractivity contribution in [3.63, 3.8) is 0 Å². The number of aliphatic hydroxyl groups excluding tert-OH is 3. The molecule has 13 heteroatoms. The lowest BCUT2D eigenvalue weighted by Gasteiger charge is -2.38. The SMILES string of the molecule is CS[C@@H](Cc1ccc(OCc2nc3ccc(O[C@@H]4O[C@H](C(=O)O)[C@@H](O)[C@H](O)[C@H]4O)cc3n2C)cc1)C(N)=O. The number of amides is 1. The highest BCUT2D eigenvalue weighted by molar-refractivity contribution is 7.99. The van der Waals surface area contributed by atoms with Gasteiger partial charge in [0.05, 0.1) is 16.3 Å². The minimum absolute atomic E-state index is 0.171. The van der Waals surface area contributed by atoms with Crippen molar-refractivity contribution in [3.05, 3.63) is 53.9 Å². The molecule has 3 aromatic rings. The zero-order chi connectivity index (χ0) is 27.6. The van der Waals surface area contributed by atoms with Crippen molar-refractivity contribution in [1.82, 2.24) is 9.55 Å². The third-order valence-corrected chi connectivity index (χ3v) is 7.29. The van der Waals surface area contributed by atoms with Gasteiger partial charge in [0.15, 0.2) is 6.10 Å². The number of carbonyl (C=O) groups excluding carboxylic acids is 1. The molecule has 204 valence electrons. The van der Waals surface area contributed by atoms with E-state index in [1.165, 1.54) is 11.8 Å². The fourth-order valence-corrected chi connectivity index (χ4v) is 4.68. The van der Waals surface area contributed by atoms with E-state index in [4.69, 9.17) is 19.9 Å². The van der Waals surface area contributed by atoms with Crippen LogP contribution < -0.4 is 15.2 Å². The number of ether oxygens (including phenoxy) is 3. The maximum absolute atomic E-state index is 11.5. The number of benzene rings is 2. The Kier molecular flexibility index (Phi) is 8.43. The smallest absolute Gasteiger partial charge is 0.335 e. The Balaban J connectivity index is 1.43. The first-order valence-electron chi connectivity index (χ1n) is 11.7. The third-order valence-electron chi connectivity index (χ3n) is 6.32. The summed E-state index contributed by atoms with van der Waals surface area (Å²) in [5, 5.41) is 39.0. The van der Waals surface area contributed by atoms with E-state index in [2.05, 4.69) is 4.98 Å². The maximum atomic E-state index is 11.5. The summed E-state index contributed by atoms with van der Waals surface area (Å²) in [5.41, 5.74) is 7.70. The van der Waals surface area contributed by atoms with Gasteiger partial charge in [0.1, 0.15) is 42.2 Å². The Morgan fingerprint density at radius 3 is 2.42 bits per heavy atom. The minimum atomic E-state index is -1.80. The first-order valence-corrected chi connectivity index (χ1v) is 13.0. The average Bonchev–Trinajstić information content (AvgIpc) is 3.21. The Labute approximate surface area is 221 Å².